The van der Waals surface area contributed by atoms with Gasteiger partial charge in [0.2, 0.25) is 0 Å². The molecule has 0 bridgehead atoms. The topological polar surface area (TPSA) is 74.8 Å². The number of carbonyl (C=O) groups is 1. The van der Waals surface area contributed by atoms with Gasteiger partial charge in [-0.15, -0.1) is 10.2 Å². The van der Waals surface area contributed by atoms with Crippen molar-refractivity contribution >= 4 is 17.5 Å². The first-order chi connectivity index (χ1) is 14.5. The number of carbonyl (C=O) groups excluding carboxylic acids is 1. The summed E-state index contributed by atoms with van der Waals surface area (Å²) in [5.74, 6) is 1.27. The first-order valence-corrected chi connectivity index (χ1v) is 11.2. The maximum atomic E-state index is 13.0. The average Bonchev–Trinajstić information content (AvgIpc) is 3.42. The van der Waals surface area contributed by atoms with Gasteiger partial charge in [0.25, 0.3) is 0 Å². The van der Waals surface area contributed by atoms with E-state index >= 15 is 0 Å². The molecule has 0 saturated heterocycles. The molecule has 7 nitrogen and oxygen atoms in total. The van der Waals surface area contributed by atoms with Gasteiger partial charge in [-0.1, -0.05) is 11.8 Å². The van der Waals surface area contributed by atoms with E-state index in [1.165, 1.54) is 11.8 Å². The molecule has 3 aromatic rings. The van der Waals surface area contributed by atoms with Crippen LogP contribution in [0.5, 0.6) is 0 Å². The van der Waals surface area contributed by atoms with Crippen molar-refractivity contribution < 1.29 is 9.53 Å². The van der Waals surface area contributed by atoms with Crippen molar-refractivity contribution in [2.75, 3.05) is 19.5 Å². The van der Waals surface area contributed by atoms with Crippen molar-refractivity contribution in [2.45, 2.75) is 50.9 Å². The molecule has 8 heteroatoms. The number of nitrogens with zero attached hydrogens (tertiary/aromatic N) is 5. The summed E-state index contributed by atoms with van der Waals surface area (Å²) in [4.78, 5) is 17.2. The van der Waals surface area contributed by atoms with E-state index in [4.69, 9.17) is 4.74 Å². The number of aromatic nitrogens is 5. The van der Waals surface area contributed by atoms with Gasteiger partial charge < -0.3 is 9.30 Å². The van der Waals surface area contributed by atoms with Gasteiger partial charge >= 0.3 is 0 Å². The number of hydrogen-bond acceptors (Lipinski definition) is 6. The van der Waals surface area contributed by atoms with Crippen LogP contribution in [0.3, 0.4) is 0 Å². The lowest BCUT2D eigenvalue weighted by atomic mass is 10.2. The zero-order valence-corrected chi connectivity index (χ0v) is 18.6. The fraction of sp³-hybridized carbons (Fsp3) is 0.455. The Kier molecular flexibility index (Phi) is 6.06. The summed E-state index contributed by atoms with van der Waals surface area (Å²) in [5, 5.41) is 9.59. The third-order valence-corrected chi connectivity index (χ3v) is 6.41. The highest BCUT2D eigenvalue weighted by Crippen LogP contribution is 2.41. The molecule has 0 aromatic carbocycles. The van der Waals surface area contributed by atoms with Gasteiger partial charge in [-0.3, -0.25) is 14.3 Å². The molecule has 30 heavy (non-hydrogen) atoms. The van der Waals surface area contributed by atoms with Crippen LogP contribution in [0.15, 0.2) is 35.7 Å². The van der Waals surface area contributed by atoms with Crippen LogP contribution in [0, 0.1) is 13.8 Å². The summed E-state index contributed by atoms with van der Waals surface area (Å²) in [5.41, 5.74) is 3.78. The van der Waals surface area contributed by atoms with E-state index in [0.717, 1.165) is 46.3 Å². The predicted octanol–water partition coefficient (Wildman–Crippen LogP) is 4.28. The van der Waals surface area contributed by atoms with Gasteiger partial charge in [0.05, 0.1) is 18.4 Å². The molecule has 1 atom stereocenters. The van der Waals surface area contributed by atoms with Crippen molar-refractivity contribution in [2.24, 2.45) is 0 Å². The summed E-state index contributed by atoms with van der Waals surface area (Å²) < 4.78 is 9.63. The van der Waals surface area contributed by atoms with E-state index in [9.17, 15) is 4.79 Å². The van der Waals surface area contributed by atoms with E-state index in [2.05, 4.69) is 31.2 Å². The molecule has 0 spiro atoms. The number of thioether (sulfide) groups is 1. The Morgan fingerprint density at radius 2 is 2.13 bits per heavy atom. The molecule has 1 saturated carbocycles. The first kappa shape index (κ1) is 20.8. The average molecular weight is 426 g/mol. The van der Waals surface area contributed by atoms with Crippen LogP contribution in [-0.4, -0.2) is 49.6 Å². The normalized spacial score (nSPS) is 14.8. The van der Waals surface area contributed by atoms with Crippen LogP contribution in [0.1, 0.15) is 53.6 Å². The van der Waals surface area contributed by atoms with E-state index in [0.29, 0.717) is 18.4 Å². The number of hydrogen-bond donors (Lipinski definition) is 0. The van der Waals surface area contributed by atoms with Crippen molar-refractivity contribution in [3.63, 3.8) is 0 Å². The minimum Gasteiger partial charge on any atom is -0.383 e. The van der Waals surface area contributed by atoms with Gasteiger partial charge in [-0.25, -0.2) is 0 Å². The Morgan fingerprint density at radius 3 is 2.80 bits per heavy atom. The lowest BCUT2D eigenvalue weighted by Gasteiger charge is -2.17. The number of aryl methyl sites for hydroxylation is 1. The van der Waals surface area contributed by atoms with Gasteiger partial charge in [-0.05, 0) is 51.8 Å². The quantitative estimate of drug-likeness (QED) is 0.376. The van der Waals surface area contributed by atoms with Crippen LogP contribution in [0.4, 0.5) is 0 Å². The molecule has 0 amide bonds. The monoisotopic (exact) mass is 425 g/mol. The van der Waals surface area contributed by atoms with Gasteiger partial charge in [0.15, 0.2) is 16.8 Å². The Hall–Kier alpha value is -2.45. The number of rotatable bonds is 9. The van der Waals surface area contributed by atoms with E-state index < -0.39 is 0 Å². The van der Waals surface area contributed by atoms with Crippen LogP contribution in [0.2, 0.25) is 0 Å². The molecule has 1 fully saturated rings. The number of Topliss-reactive ketones (excluding diaryl/α,β-unsaturated/α-hetero) is 1. The Bertz CT molecular complexity index is 1040. The maximum absolute atomic E-state index is 13.0. The molecule has 1 aliphatic rings. The molecule has 3 aromatic heterocycles. The van der Waals surface area contributed by atoms with Crippen LogP contribution in [-0.2, 0) is 4.74 Å². The minimum absolute atomic E-state index is 0.109. The molecule has 0 unspecified atom stereocenters. The summed E-state index contributed by atoms with van der Waals surface area (Å²) in [6, 6.07) is 6.47. The number of ketones is 1. The second-order valence-corrected chi connectivity index (χ2v) is 8.76. The summed E-state index contributed by atoms with van der Waals surface area (Å²) in [6.07, 6.45) is 5.79. The zero-order valence-electron chi connectivity index (χ0n) is 17.8. The molecule has 0 radical (unpaired) electrons. The molecule has 0 aliphatic heterocycles. The Labute approximate surface area is 180 Å². The Balaban J connectivity index is 1.53. The second kappa shape index (κ2) is 8.73. The molecule has 158 valence electrons. The predicted molar refractivity (Wildman–Crippen MR) is 117 cm³/mol. The first-order valence-electron chi connectivity index (χ1n) is 10.2. The smallest absolute Gasteiger partial charge is 0.192 e. The molecule has 3 heterocycles. The molecule has 0 N–H and O–H groups in total. The van der Waals surface area contributed by atoms with E-state index in [1.54, 1.807) is 19.5 Å². The van der Waals surface area contributed by atoms with Gasteiger partial charge in [0, 0.05) is 48.1 Å². The standard InChI is InChI=1S/C22H27N5O2S/c1-14-10-19(16(3)26(14)15(2)12-29-4)20(28)13-30-22-25-24-21(27(22)18-7-8-18)17-6-5-9-23-11-17/h5-6,9-11,15,18H,7-8,12-13H2,1-4H3/t15-/m1/s1. The SMILES string of the molecule is COC[C@@H](C)n1c(C)cc(C(=O)CSc2nnc(-c3cccnc3)n2C2CC2)c1C. The summed E-state index contributed by atoms with van der Waals surface area (Å²) in [7, 11) is 1.70. The van der Waals surface area contributed by atoms with Gasteiger partial charge in [-0.2, -0.15) is 0 Å². The largest absolute Gasteiger partial charge is 0.383 e. The minimum atomic E-state index is 0.109. The highest BCUT2D eigenvalue weighted by atomic mass is 32.2. The molecular formula is C22H27N5O2S. The summed E-state index contributed by atoms with van der Waals surface area (Å²) in [6.45, 7) is 6.75. The number of pyridine rings is 1. The highest BCUT2D eigenvalue weighted by molar-refractivity contribution is 7.99. The number of methoxy groups -OCH3 is 1. The molecular weight excluding hydrogens is 398 g/mol. The van der Waals surface area contributed by atoms with Gasteiger partial charge in [0.1, 0.15) is 0 Å². The van der Waals surface area contributed by atoms with Crippen molar-refractivity contribution in [3.05, 3.63) is 47.5 Å². The Morgan fingerprint density at radius 1 is 1.33 bits per heavy atom. The van der Waals surface area contributed by atoms with Crippen LogP contribution >= 0.6 is 11.8 Å². The third kappa shape index (κ3) is 4.06. The van der Waals surface area contributed by atoms with Crippen molar-refractivity contribution in [1.82, 2.24) is 24.3 Å². The highest BCUT2D eigenvalue weighted by Gasteiger charge is 2.30. The fourth-order valence-electron chi connectivity index (χ4n) is 3.99. The van der Waals surface area contributed by atoms with E-state index in [-0.39, 0.29) is 11.8 Å². The summed E-state index contributed by atoms with van der Waals surface area (Å²) >= 11 is 1.46. The maximum Gasteiger partial charge on any atom is 0.192 e. The van der Waals surface area contributed by atoms with E-state index in [1.807, 2.05) is 32.0 Å². The lowest BCUT2D eigenvalue weighted by Crippen LogP contribution is -2.14. The zero-order chi connectivity index (χ0) is 21.3. The molecule has 1 aliphatic carbocycles. The second-order valence-electron chi connectivity index (χ2n) is 7.82. The van der Waals surface area contributed by atoms with Crippen molar-refractivity contribution in [3.8, 4) is 11.4 Å². The third-order valence-electron chi connectivity index (χ3n) is 5.46. The number of ether oxygens (including phenoxy) is 1. The molecule has 4 rings (SSSR count). The van der Waals surface area contributed by atoms with Crippen LogP contribution in [0.25, 0.3) is 11.4 Å². The van der Waals surface area contributed by atoms with Crippen molar-refractivity contribution in [1.29, 1.82) is 0 Å². The fourth-order valence-corrected chi connectivity index (χ4v) is 4.88. The lowest BCUT2D eigenvalue weighted by molar-refractivity contribution is 0.102. The van der Waals surface area contributed by atoms with Crippen LogP contribution < -0.4 is 0 Å².